The lowest BCUT2D eigenvalue weighted by atomic mass is 10.1. The molecule has 5 nitrogen and oxygen atoms in total. The number of carbonyl (C=O) groups excluding carboxylic acids is 1. The highest BCUT2D eigenvalue weighted by Gasteiger charge is 2.23. The van der Waals surface area contributed by atoms with Crippen molar-refractivity contribution in [2.24, 2.45) is 0 Å². The normalized spacial score (nSPS) is 16.0. The van der Waals surface area contributed by atoms with Crippen molar-refractivity contribution in [3.63, 3.8) is 0 Å². The molecule has 6 heteroatoms. The Labute approximate surface area is 103 Å². The maximum absolute atomic E-state index is 13.8. The number of nitrogens with zero attached hydrogens (tertiary/aromatic N) is 2. The van der Waals surface area contributed by atoms with Crippen LogP contribution < -0.4 is 4.90 Å². The van der Waals surface area contributed by atoms with Crippen LogP contribution in [0.5, 0.6) is 0 Å². The van der Waals surface area contributed by atoms with Gasteiger partial charge in [-0.05, 0) is 18.2 Å². The third kappa shape index (κ3) is 2.27. The maximum Gasteiger partial charge on any atom is 0.335 e. The number of likely N-dealkylation sites (N-methyl/N-ethyl adjacent to an activating group) is 1. The highest BCUT2D eigenvalue weighted by Crippen LogP contribution is 2.22. The van der Waals surface area contributed by atoms with Gasteiger partial charge in [-0.25, -0.2) is 9.18 Å². The molecule has 1 aliphatic rings. The van der Waals surface area contributed by atoms with Crippen molar-refractivity contribution in [3.05, 3.63) is 29.6 Å². The van der Waals surface area contributed by atoms with Gasteiger partial charge in [0, 0.05) is 20.1 Å². The summed E-state index contributed by atoms with van der Waals surface area (Å²) in [4.78, 5) is 25.4. The average Bonchev–Trinajstić information content (AvgIpc) is 2.32. The summed E-state index contributed by atoms with van der Waals surface area (Å²) < 4.78 is 13.8. The van der Waals surface area contributed by atoms with E-state index in [1.54, 1.807) is 16.8 Å². The Bertz CT molecular complexity index is 504. The molecule has 0 saturated carbocycles. The number of rotatable bonds is 2. The Morgan fingerprint density at radius 1 is 1.39 bits per heavy atom. The van der Waals surface area contributed by atoms with Gasteiger partial charge in [0.15, 0.2) is 0 Å². The molecule has 0 unspecified atom stereocenters. The highest BCUT2D eigenvalue weighted by molar-refractivity contribution is 5.88. The molecule has 1 fully saturated rings. The number of carboxylic acids is 1. The summed E-state index contributed by atoms with van der Waals surface area (Å²) in [5.74, 6) is -1.87. The van der Waals surface area contributed by atoms with E-state index < -0.39 is 11.8 Å². The van der Waals surface area contributed by atoms with Gasteiger partial charge in [0.1, 0.15) is 5.82 Å². The first-order valence-electron chi connectivity index (χ1n) is 5.51. The van der Waals surface area contributed by atoms with Crippen LogP contribution in [0, 0.1) is 5.82 Å². The van der Waals surface area contributed by atoms with Gasteiger partial charge in [-0.2, -0.15) is 0 Å². The Hall–Kier alpha value is -2.11. The van der Waals surface area contributed by atoms with Crippen molar-refractivity contribution in [3.8, 4) is 0 Å². The number of anilines is 1. The van der Waals surface area contributed by atoms with E-state index >= 15 is 0 Å². The molecule has 1 aromatic rings. The van der Waals surface area contributed by atoms with Gasteiger partial charge < -0.3 is 14.9 Å². The summed E-state index contributed by atoms with van der Waals surface area (Å²) in [6, 6.07) is 3.71. The van der Waals surface area contributed by atoms with Gasteiger partial charge in [0.25, 0.3) is 0 Å². The first-order valence-corrected chi connectivity index (χ1v) is 5.51. The number of benzene rings is 1. The lowest BCUT2D eigenvalue weighted by Gasteiger charge is -2.33. The SMILES string of the molecule is CN1CCN(c2ccc(C(=O)O)cc2F)CC1=O. The quantitative estimate of drug-likeness (QED) is 0.845. The van der Waals surface area contributed by atoms with E-state index in [-0.39, 0.29) is 23.7 Å². The standard InChI is InChI=1S/C12H13FN2O3/c1-14-4-5-15(7-11(14)16)10-3-2-8(12(17)18)6-9(10)13/h2-3,6H,4-5,7H2,1H3,(H,17,18). The van der Waals surface area contributed by atoms with Gasteiger partial charge in [-0.15, -0.1) is 0 Å². The summed E-state index contributed by atoms with van der Waals surface area (Å²) in [6.45, 7) is 1.17. The van der Waals surface area contributed by atoms with E-state index in [4.69, 9.17) is 5.11 Å². The predicted molar refractivity (Wildman–Crippen MR) is 63.2 cm³/mol. The maximum atomic E-state index is 13.8. The second-order valence-electron chi connectivity index (χ2n) is 4.21. The smallest absolute Gasteiger partial charge is 0.335 e. The summed E-state index contributed by atoms with van der Waals surface area (Å²) >= 11 is 0. The van der Waals surface area contributed by atoms with E-state index in [0.29, 0.717) is 13.1 Å². The molecule has 0 aromatic heterocycles. The van der Waals surface area contributed by atoms with Gasteiger partial charge in [0.05, 0.1) is 17.8 Å². The van der Waals surface area contributed by atoms with Crippen LogP contribution in [0.2, 0.25) is 0 Å². The van der Waals surface area contributed by atoms with Crippen molar-refractivity contribution >= 4 is 17.6 Å². The lowest BCUT2D eigenvalue weighted by Crippen LogP contribution is -2.48. The number of carbonyl (C=O) groups is 2. The second kappa shape index (κ2) is 4.64. The number of hydrogen-bond donors (Lipinski definition) is 1. The minimum atomic E-state index is -1.17. The molecule has 1 amide bonds. The fraction of sp³-hybridized carbons (Fsp3) is 0.333. The summed E-state index contributed by atoms with van der Waals surface area (Å²) in [6.07, 6.45) is 0. The first-order chi connectivity index (χ1) is 8.49. The molecule has 1 heterocycles. The molecule has 1 aromatic carbocycles. The van der Waals surface area contributed by atoms with Crippen LogP contribution in [0.25, 0.3) is 0 Å². The molecule has 0 atom stereocenters. The number of halogens is 1. The zero-order valence-corrected chi connectivity index (χ0v) is 9.89. The van der Waals surface area contributed by atoms with Crippen molar-refractivity contribution in [1.82, 2.24) is 4.90 Å². The van der Waals surface area contributed by atoms with Crippen LogP contribution in [0.3, 0.4) is 0 Å². The topological polar surface area (TPSA) is 60.9 Å². The Kier molecular flexibility index (Phi) is 3.18. The molecule has 1 saturated heterocycles. The molecule has 0 bridgehead atoms. The molecular formula is C12H13FN2O3. The Morgan fingerprint density at radius 2 is 2.11 bits per heavy atom. The number of carboxylic acid groups (broad SMARTS) is 1. The molecule has 2 rings (SSSR count). The zero-order chi connectivity index (χ0) is 13.3. The number of piperazine rings is 1. The third-order valence-electron chi connectivity index (χ3n) is 2.99. The second-order valence-corrected chi connectivity index (χ2v) is 4.21. The molecule has 0 aliphatic carbocycles. The van der Waals surface area contributed by atoms with Crippen LogP contribution in [-0.4, -0.2) is 48.6 Å². The number of amides is 1. The number of hydrogen-bond acceptors (Lipinski definition) is 3. The van der Waals surface area contributed by atoms with Crippen molar-refractivity contribution < 1.29 is 19.1 Å². The van der Waals surface area contributed by atoms with Crippen LogP contribution in [0.1, 0.15) is 10.4 Å². The predicted octanol–water partition coefficient (Wildman–Crippen LogP) is 0.802. The van der Waals surface area contributed by atoms with E-state index in [2.05, 4.69) is 0 Å². The average molecular weight is 252 g/mol. The van der Waals surface area contributed by atoms with Gasteiger partial charge in [-0.1, -0.05) is 0 Å². The Balaban J connectivity index is 2.24. The Morgan fingerprint density at radius 3 is 2.67 bits per heavy atom. The van der Waals surface area contributed by atoms with E-state index in [1.165, 1.54) is 12.1 Å². The highest BCUT2D eigenvalue weighted by atomic mass is 19.1. The lowest BCUT2D eigenvalue weighted by molar-refractivity contribution is -0.129. The molecule has 0 spiro atoms. The van der Waals surface area contributed by atoms with Gasteiger partial charge >= 0.3 is 5.97 Å². The minimum absolute atomic E-state index is 0.0806. The van der Waals surface area contributed by atoms with Crippen LogP contribution in [0.4, 0.5) is 10.1 Å². The van der Waals surface area contributed by atoms with Crippen molar-refractivity contribution in [2.75, 3.05) is 31.6 Å². The minimum Gasteiger partial charge on any atom is -0.478 e. The fourth-order valence-corrected chi connectivity index (χ4v) is 1.86. The molecule has 1 aliphatic heterocycles. The third-order valence-corrected chi connectivity index (χ3v) is 2.99. The fourth-order valence-electron chi connectivity index (χ4n) is 1.86. The molecule has 0 radical (unpaired) electrons. The zero-order valence-electron chi connectivity index (χ0n) is 9.89. The van der Waals surface area contributed by atoms with Crippen molar-refractivity contribution in [1.29, 1.82) is 0 Å². The molecule has 96 valence electrons. The van der Waals surface area contributed by atoms with Crippen molar-refractivity contribution in [2.45, 2.75) is 0 Å². The summed E-state index contributed by atoms with van der Waals surface area (Å²) in [7, 11) is 1.70. The first kappa shape index (κ1) is 12.3. The van der Waals surface area contributed by atoms with Gasteiger partial charge in [0.2, 0.25) is 5.91 Å². The van der Waals surface area contributed by atoms with E-state index in [1.807, 2.05) is 0 Å². The van der Waals surface area contributed by atoms with E-state index in [9.17, 15) is 14.0 Å². The monoisotopic (exact) mass is 252 g/mol. The van der Waals surface area contributed by atoms with Crippen LogP contribution in [0.15, 0.2) is 18.2 Å². The molecular weight excluding hydrogens is 239 g/mol. The largest absolute Gasteiger partial charge is 0.478 e. The summed E-state index contributed by atoms with van der Waals surface area (Å²) in [5.41, 5.74) is 0.165. The van der Waals surface area contributed by atoms with Gasteiger partial charge in [-0.3, -0.25) is 4.79 Å². The van der Waals surface area contributed by atoms with Crippen LogP contribution in [-0.2, 0) is 4.79 Å². The molecule has 18 heavy (non-hydrogen) atoms. The molecule has 1 N–H and O–H groups in total. The summed E-state index contributed by atoms with van der Waals surface area (Å²) in [5, 5.41) is 8.75. The van der Waals surface area contributed by atoms with E-state index in [0.717, 1.165) is 6.07 Å². The van der Waals surface area contributed by atoms with Crippen LogP contribution >= 0.6 is 0 Å². The number of aromatic carboxylic acids is 1.